The van der Waals surface area contributed by atoms with Gasteiger partial charge in [0.1, 0.15) is 11.9 Å². The first-order valence-electron chi connectivity index (χ1n) is 7.28. The Kier molecular flexibility index (Phi) is 11.1. The van der Waals surface area contributed by atoms with E-state index < -0.39 is 0 Å². The molecule has 1 rings (SSSR count). The number of nitrogens with zero attached hydrogens (tertiary/aromatic N) is 1. The van der Waals surface area contributed by atoms with Crippen LogP contribution < -0.4 is 15.4 Å². The van der Waals surface area contributed by atoms with Gasteiger partial charge in [0.15, 0.2) is 5.96 Å². The highest BCUT2D eigenvalue weighted by Crippen LogP contribution is 2.10. The lowest BCUT2D eigenvalue weighted by Crippen LogP contribution is -2.42. The smallest absolute Gasteiger partial charge is 0.191 e. The molecule has 0 aromatic heterocycles. The summed E-state index contributed by atoms with van der Waals surface area (Å²) < 4.78 is 5.81. The van der Waals surface area contributed by atoms with Crippen molar-refractivity contribution in [2.75, 3.05) is 20.1 Å². The molecule has 120 valence electrons. The lowest BCUT2D eigenvalue weighted by atomic mass is 10.1. The maximum Gasteiger partial charge on any atom is 0.191 e. The van der Waals surface area contributed by atoms with Crippen molar-refractivity contribution in [3.05, 3.63) is 30.3 Å². The van der Waals surface area contributed by atoms with Crippen LogP contribution in [-0.4, -0.2) is 32.2 Å². The summed E-state index contributed by atoms with van der Waals surface area (Å²) in [4.78, 5) is 4.20. The van der Waals surface area contributed by atoms with E-state index in [9.17, 15) is 0 Å². The molecule has 2 N–H and O–H groups in total. The topological polar surface area (TPSA) is 45.7 Å². The lowest BCUT2D eigenvalue weighted by Gasteiger charge is -2.18. The van der Waals surface area contributed by atoms with Crippen LogP contribution in [0.1, 0.15) is 27.2 Å². The number of hydrogen-bond donors (Lipinski definition) is 2. The largest absolute Gasteiger partial charge is 0.489 e. The normalized spacial score (nSPS) is 12.5. The number of rotatable bonds is 7. The highest BCUT2D eigenvalue weighted by atomic mass is 127. The van der Waals surface area contributed by atoms with Gasteiger partial charge in [-0.2, -0.15) is 0 Å². The van der Waals surface area contributed by atoms with E-state index in [0.717, 1.165) is 31.2 Å². The summed E-state index contributed by atoms with van der Waals surface area (Å²) >= 11 is 0. The van der Waals surface area contributed by atoms with Gasteiger partial charge in [0.25, 0.3) is 0 Å². The molecule has 0 spiro atoms. The third-order valence-corrected chi connectivity index (χ3v) is 2.88. The molecule has 0 heterocycles. The fraction of sp³-hybridized carbons (Fsp3) is 0.562. The second-order valence-electron chi connectivity index (χ2n) is 5.30. The summed E-state index contributed by atoms with van der Waals surface area (Å²) in [6.07, 6.45) is 1.22. The zero-order valence-electron chi connectivity index (χ0n) is 13.4. The Balaban J connectivity index is 0.00000400. The molecule has 5 heteroatoms. The Morgan fingerprint density at radius 3 is 2.38 bits per heavy atom. The second kappa shape index (κ2) is 11.7. The lowest BCUT2D eigenvalue weighted by molar-refractivity contribution is 0.224. The number of benzene rings is 1. The Morgan fingerprint density at radius 1 is 1.14 bits per heavy atom. The molecule has 0 saturated carbocycles. The molecule has 1 aromatic carbocycles. The first-order chi connectivity index (χ1) is 9.61. The zero-order chi connectivity index (χ0) is 14.8. The van der Waals surface area contributed by atoms with E-state index in [4.69, 9.17) is 4.74 Å². The molecule has 0 bridgehead atoms. The van der Waals surface area contributed by atoms with E-state index in [1.54, 1.807) is 7.05 Å². The average molecular weight is 405 g/mol. The number of para-hydroxylation sites is 1. The van der Waals surface area contributed by atoms with Gasteiger partial charge in [-0.3, -0.25) is 4.99 Å². The fourth-order valence-electron chi connectivity index (χ4n) is 1.71. The van der Waals surface area contributed by atoms with Gasteiger partial charge in [0.05, 0.1) is 6.54 Å². The van der Waals surface area contributed by atoms with Gasteiger partial charge < -0.3 is 15.4 Å². The van der Waals surface area contributed by atoms with Crippen molar-refractivity contribution in [1.82, 2.24) is 10.6 Å². The summed E-state index contributed by atoms with van der Waals surface area (Å²) in [7, 11) is 1.79. The maximum absolute atomic E-state index is 5.81. The molecule has 1 atom stereocenters. The quantitative estimate of drug-likeness (QED) is 0.416. The summed E-state index contributed by atoms with van der Waals surface area (Å²) in [5.74, 6) is 2.42. The molecule has 0 radical (unpaired) electrons. The number of halogens is 1. The van der Waals surface area contributed by atoms with Crippen LogP contribution in [0.3, 0.4) is 0 Å². The maximum atomic E-state index is 5.81. The molecular weight excluding hydrogens is 377 g/mol. The van der Waals surface area contributed by atoms with Gasteiger partial charge in [0, 0.05) is 13.6 Å². The van der Waals surface area contributed by atoms with Crippen molar-refractivity contribution >= 4 is 29.9 Å². The van der Waals surface area contributed by atoms with Crippen LogP contribution in [0.5, 0.6) is 5.75 Å². The summed E-state index contributed by atoms with van der Waals surface area (Å²) in [5.41, 5.74) is 0. The van der Waals surface area contributed by atoms with Crippen LogP contribution in [0.2, 0.25) is 0 Å². The highest BCUT2D eigenvalue weighted by molar-refractivity contribution is 14.0. The van der Waals surface area contributed by atoms with Crippen molar-refractivity contribution in [2.45, 2.75) is 33.3 Å². The minimum atomic E-state index is 0. The summed E-state index contributed by atoms with van der Waals surface area (Å²) in [6, 6.07) is 9.86. The van der Waals surface area contributed by atoms with Crippen molar-refractivity contribution in [3.8, 4) is 5.75 Å². The minimum absolute atomic E-state index is 0. The Labute approximate surface area is 145 Å². The van der Waals surface area contributed by atoms with Crippen molar-refractivity contribution in [1.29, 1.82) is 0 Å². The number of ether oxygens (including phenoxy) is 1. The van der Waals surface area contributed by atoms with Crippen LogP contribution in [0, 0.1) is 5.92 Å². The molecule has 21 heavy (non-hydrogen) atoms. The van der Waals surface area contributed by atoms with Gasteiger partial charge in [-0.25, -0.2) is 0 Å². The minimum Gasteiger partial charge on any atom is -0.489 e. The number of guanidine groups is 1. The zero-order valence-corrected chi connectivity index (χ0v) is 15.8. The summed E-state index contributed by atoms with van der Waals surface area (Å²) in [5, 5.41) is 6.58. The molecule has 0 aliphatic carbocycles. The highest BCUT2D eigenvalue weighted by Gasteiger charge is 2.05. The first-order valence-corrected chi connectivity index (χ1v) is 7.28. The predicted octanol–water partition coefficient (Wildman–Crippen LogP) is 3.28. The van der Waals surface area contributed by atoms with Gasteiger partial charge in [-0.05, 0) is 31.4 Å². The molecule has 0 fully saturated rings. The standard InChI is InChI=1S/C16H27N3O.HI/c1-13(2)10-11-18-16(17-4)19-12-14(3)20-15-8-6-5-7-9-15;/h5-9,13-14H,10-12H2,1-4H3,(H2,17,18,19);1H. The van der Waals surface area contributed by atoms with Crippen molar-refractivity contribution < 1.29 is 4.74 Å². The molecule has 4 nitrogen and oxygen atoms in total. The van der Waals surface area contributed by atoms with E-state index in [2.05, 4.69) is 29.5 Å². The number of aliphatic imine (C=N–C) groups is 1. The third-order valence-electron chi connectivity index (χ3n) is 2.88. The molecule has 0 amide bonds. The fourth-order valence-corrected chi connectivity index (χ4v) is 1.71. The molecular formula is C16H28IN3O. The van der Waals surface area contributed by atoms with E-state index in [1.807, 2.05) is 37.3 Å². The molecule has 1 unspecified atom stereocenters. The van der Waals surface area contributed by atoms with E-state index >= 15 is 0 Å². The van der Waals surface area contributed by atoms with Gasteiger partial charge in [-0.1, -0.05) is 32.0 Å². The molecule has 1 aromatic rings. The molecule has 0 aliphatic heterocycles. The SMILES string of the molecule is CN=C(NCCC(C)C)NCC(C)Oc1ccccc1.I. The van der Waals surface area contributed by atoms with E-state index in [-0.39, 0.29) is 30.1 Å². The van der Waals surface area contributed by atoms with Gasteiger partial charge in [-0.15, -0.1) is 24.0 Å². The van der Waals surface area contributed by atoms with Crippen LogP contribution >= 0.6 is 24.0 Å². The van der Waals surface area contributed by atoms with Gasteiger partial charge >= 0.3 is 0 Å². The van der Waals surface area contributed by atoms with Crippen LogP contribution in [0.4, 0.5) is 0 Å². The monoisotopic (exact) mass is 405 g/mol. The Bertz CT molecular complexity index is 396. The average Bonchev–Trinajstić information content (AvgIpc) is 2.43. The summed E-state index contributed by atoms with van der Waals surface area (Å²) in [6.45, 7) is 8.13. The first kappa shape index (κ1) is 20.0. The number of nitrogens with one attached hydrogen (secondary N) is 2. The van der Waals surface area contributed by atoms with Crippen molar-refractivity contribution in [2.24, 2.45) is 10.9 Å². The number of hydrogen-bond acceptors (Lipinski definition) is 2. The van der Waals surface area contributed by atoms with E-state index in [0.29, 0.717) is 5.92 Å². The van der Waals surface area contributed by atoms with Crippen LogP contribution in [-0.2, 0) is 0 Å². The Hall–Kier alpha value is -0.980. The predicted molar refractivity (Wildman–Crippen MR) is 101 cm³/mol. The molecule has 0 saturated heterocycles. The van der Waals surface area contributed by atoms with Crippen molar-refractivity contribution in [3.63, 3.8) is 0 Å². The van der Waals surface area contributed by atoms with E-state index in [1.165, 1.54) is 0 Å². The third kappa shape index (κ3) is 9.55. The Morgan fingerprint density at radius 2 is 1.81 bits per heavy atom. The van der Waals surface area contributed by atoms with Crippen LogP contribution in [0.25, 0.3) is 0 Å². The second-order valence-corrected chi connectivity index (χ2v) is 5.30. The van der Waals surface area contributed by atoms with Gasteiger partial charge in [0.2, 0.25) is 0 Å². The molecule has 0 aliphatic rings. The van der Waals surface area contributed by atoms with Crippen LogP contribution in [0.15, 0.2) is 35.3 Å².